The van der Waals surface area contributed by atoms with E-state index >= 15 is 0 Å². The van der Waals surface area contributed by atoms with Crippen LogP contribution < -0.4 is 5.32 Å². The highest BCUT2D eigenvalue weighted by molar-refractivity contribution is 7.15. The van der Waals surface area contributed by atoms with Crippen molar-refractivity contribution in [2.24, 2.45) is 0 Å². The first-order chi connectivity index (χ1) is 14.3. The molecular weight excluding hydrogens is 383 g/mol. The molecule has 0 saturated carbocycles. The van der Waals surface area contributed by atoms with Gasteiger partial charge in [0.1, 0.15) is 16.5 Å². The molecule has 0 aliphatic heterocycles. The van der Waals surface area contributed by atoms with Crippen LogP contribution in [0.4, 0.5) is 4.39 Å². The number of thiazole rings is 1. The molecule has 6 heteroatoms. The van der Waals surface area contributed by atoms with Crippen LogP contribution in [0.2, 0.25) is 0 Å². The van der Waals surface area contributed by atoms with Crippen molar-refractivity contribution in [2.75, 3.05) is 0 Å². The standard InChI is InChI=1S/C23H21FN4S/c24-19-9-4-5-11-22(19)28-21-12-6-10-20(18(21)15-27-28)25-13-17-14-26-23(29-17)16-7-2-1-3-8-16/h1-5,7-9,11,14-15,20,25H,6,10,12-13H2/t20-/m0/s1. The number of aromatic nitrogens is 3. The summed E-state index contributed by atoms with van der Waals surface area (Å²) in [6.07, 6.45) is 6.87. The molecule has 1 aliphatic carbocycles. The molecule has 2 aromatic carbocycles. The molecule has 0 radical (unpaired) electrons. The van der Waals surface area contributed by atoms with Crippen molar-refractivity contribution in [3.05, 3.63) is 88.9 Å². The number of hydrogen-bond donors (Lipinski definition) is 1. The maximum absolute atomic E-state index is 14.2. The first kappa shape index (κ1) is 18.2. The lowest BCUT2D eigenvalue weighted by molar-refractivity contribution is 0.455. The van der Waals surface area contributed by atoms with Crippen molar-refractivity contribution in [1.29, 1.82) is 0 Å². The number of benzene rings is 2. The maximum Gasteiger partial charge on any atom is 0.148 e. The zero-order valence-electron chi connectivity index (χ0n) is 15.9. The van der Waals surface area contributed by atoms with Crippen LogP contribution in [0.15, 0.2) is 67.0 Å². The lowest BCUT2D eigenvalue weighted by Crippen LogP contribution is -2.24. The average Bonchev–Trinajstić information content (AvgIpc) is 3.41. The molecule has 0 fully saturated rings. The van der Waals surface area contributed by atoms with Gasteiger partial charge in [0.25, 0.3) is 0 Å². The van der Waals surface area contributed by atoms with E-state index in [0.29, 0.717) is 5.69 Å². The minimum Gasteiger partial charge on any atom is -0.305 e. The summed E-state index contributed by atoms with van der Waals surface area (Å²) in [5.74, 6) is -0.244. The highest BCUT2D eigenvalue weighted by Crippen LogP contribution is 2.32. The van der Waals surface area contributed by atoms with Crippen LogP contribution in [0.3, 0.4) is 0 Å². The van der Waals surface area contributed by atoms with Crippen molar-refractivity contribution < 1.29 is 4.39 Å². The van der Waals surface area contributed by atoms with Crippen molar-refractivity contribution >= 4 is 11.3 Å². The van der Waals surface area contributed by atoms with Gasteiger partial charge in [-0.05, 0) is 31.4 Å². The Bertz CT molecular complexity index is 1120. The Labute approximate surface area is 173 Å². The molecule has 1 aliphatic rings. The number of nitrogens with one attached hydrogen (secondary N) is 1. The van der Waals surface area contributed by atoms with Gasteiger partial charge in [-0.25, -0.2) is 14.1 Å². The van der Waals surface area contributed by atoms with E-state index in [4.69, 9.17) is 0 Å². The SMILES string of the molecule is Fc1ccccc1-n1ncc2c1CCC[C@@H]2NCc1cnc(-c2ccccc2)s1. The van der Waals surface area contributed by atoms with E-state index in [9.17, 15) is 4.39 Å². The molecule has 0 amide bonds. The van der Waals surface area contributed by atoms with Crippen LogP contribution in [-0.2, 0) is 13.0 Å². The van der Waals surface area contributed by atoms with Crippen LogP contribution in [0.25, 0.3) is 16.3 Å². The number of halogens is 1. The third-order valence-corrected chi connectivity index (χ3v) is 6.41. The average molecular weight is 405 g/mol. The second-order valence-electron chi connectivity index (χ2n) is 7.23. The summed E-state index contributed by atoms with van der Waals surface area (Å²) in [5.41, 5.74) is 3.94. The summed E-state index contributed by atoms with van der Waals surface area (Å²) in [6, 6.07) is 17.3. The number of rotatable bonds is 5. The first-order valence-corrected chi connectivity index (χ1v) is 10.7. The Morgan fingerprint density at radius 1 is 1.07 bits per heavy atom. The predicted octanol–water partition coefficient (Wildman–Crippen LogP) is 5.30. The summed E-state index contributed by atoms with van der Waals surface area (Å²) in [7, 11) is 0. The molecular formula is C23H21FN4S. The molecule has 0 unspecified atom stereocenters. The topological polar surface area (TPSA) is 42.7 Å². The number of hydrogen-bond acceptors (Lipinski definition) is 4. The van der Waals surface area contributed by atoms with Crippen LogP contribution >= 0.6 is 11.3 Å². The Morgan fingerprint density at radius 2 is 1.90 bits per heavy atom. The van der Waals surface area contributed by atoms with Gasteiger partial charge in [0.05, 0.1) is 6.20 Å². The van der Waals surface area contributed by atoms with Crippen molar-refractivity contribution in [3.63, 3.8) is 0 Å². The summed E-state index contributed by atoms with van der Waals surface area (Å²) in [5, 5.41) is 9.21. The van der Waals surface area contributed by atoms with E-state index in [1.165, 1.54) is 16.5 Å². The molecule has 0 spiro atoms. The van der Waals surface area contributed by atoms with Gasteiger partial charge in [0.15, 0.2) is 0 Å². The highest BCUT2D eigenvalue weighted by Gasteiger charge is 2.25. The molecule has 2 aromatic heterocycles. The number of para-hydroxylation sites is 1. The van der Waals surface area contributed by atoms with Gasteiger partial charge in [-0.2, -0.15) is 5.10 Å². The lowest BCUT2D eigenvalue weighted by atomic mass is 9.93. The van der Waals surface area contributed by atoms with E-state index in [1.807, 2.05) is 36.7 Å². The van der Waals surface area contributed by atoms with Gasteiger partial charge in [-0.1, -0.05) is 42.5 Å². The zero-order valence-corrected chi connectivity index (χ0v) is 16.7. The van der Waals surface area contributed by atoms with Gasteiger partial charge in [-0.15, -0.1) is 11.3 Å². The van der Waals surface area contributed by atoms with Crippen molar-refractivity contribution in [1.82, 2.24) is 20.1 Å². The second-order valence-corrected chi connectivity index (χ2v) is 8.35. The van der Waals surface area contributed by atoms with E-state index in [2.05, 4.69) is 27.5 Å². The summed E-state index contributed by atoms with van der Waals surface area (Å²) < 4.78 is 16.0. The van der Waals surface area contributed by atoms with Crippen LogP contribution in [0, 0.1) is 5.82 Å². The van der Waals surface area contributed by atoms with Crippen LogP contribution in [0.1, 0.15) is 35.0 Å². The van der Waals surface area contributed by atoms with Gasteiger partial charge in [0.2, 0.25) is 0 Å². The van der Waals surface area contributed by atoms with E-state index in [0.717, 1.165) is 42.1 Å². The van der Waals surface area contributed by atoms with Gasteiger partial charge < -0.3 is 5.32 Å². The monoisotopic (exact) mass is 404 g/mol. The minimum atomic E-state index is -0.244. The van der Waals surface area contributed by atoms with E-state index in [-0.39, 0.29) is 11.9 Å². The predicted molar refractivity (Wildman–Crippen MR) is 114 cm³/mol. The molecule has 4 aromatic rings. The summed E-state index contributed by atoms with van der Waals surface area (Å²) in [4.78, 5) is 5.77. The maximum atomic E-state index is 14.2. The fourth-order valence-electron chi connectivity index (χ4n) is 3.93. The zero-order chi connectivity index (χ0) is 19.6. The third kappa shape index (κ3) is 3.61. The summed E-state index contributed by atoms with van der Waals surface area (Å²) in [6.45, 7) is 0.763. The normalized spacial score (nSPS) is 16.0. The molecule has 0 saturated heterocycles. The van der Waals surface area contributed by atoms with Gasteiger partial charge in [0, 0.05) is 40.5 Å². The van der Waals surface area contributed by atoms with Crippen molar-refractivity contribution in [2.45, 2.75) is 31.8 Å². The third-order valence-electron chi connectivity index (χ3n) is 5.36. The molecule has 0 bridgehead atoms. The number of nitrogens with zero attached hydrogens (tertiary/aromatic N) is 3. The highest BCUT2D eigenvalue weighted by atomic mass is 32.1. The fraction of sp³-hybridized carbons (Fsp3) is 0.217. The summed E-state index contributed by atoms with van der Waals surface area (Å²) >= 11 is 1.72. The largest absolute Gasteiger partial charge is 0.305 e. The Balaban J connectivity index is 1.33. The van der Waals surface area contributed by atoms with Crippen LogP contribution in [0.5, 0.6) is 0 Å². The Hall–Kier alpha value is -2.83. The minimum absolute atomic E-state index is 0.224. The van der Waals surface area contributed by atoms with Crippen LogP contribution in [-0.4, -0.2) is 14.8 Å². The Morgan fingerprint density at radius 3 is 2.76 bits per heavy atom. The smallest absolute Gasteiger partial charge is 0.148 e. The lowest BCUT2D eigenvalue weighted by Gasteiger charge is -2.24. The van der Waals surface area contributed by atoms with E-state index in [1.54, 1.807) is 28.2 Å². The van der Waals surface area contributed by atoms with Gasteiger partial charge >= 0.3 is 0 Å². The molecule has 1 atom stereocenters. The quantitative estimate of drug-likeness (QED) is 0.491. The van der Waals surface area contributed by atoms with Crippen molar-refractivity contribution in [3.8, 4) is 16.3 Å². The van der Waals surface area contributed by atoms with Gasteiger partial charge in [-0.3, -0.25) is 0 Å². The molecule has 1 N–H and O–H groups in total. The first-order valence-electron chi connectivity index (χ1n) is 9.85. The molecule has 2 heterocycles. The number of fused-ring (bicyclic) bond motifs is 1. The second kappa shape index (κ2) is 7.89. The van der Waals surface area contributed by atoms with E-state index < -0.39 is 0 Å². The molecule has 4 nitrogen and oxygen atoms in total. The molecule has 29 heavy (non-hydrogen) atoms. The molecule has 5 rings (SSSR count). The Kier molecular flexibility index (Phi) is 4.96. The fourth-order valence-corrected chi connectivity index (χ4v) is 4.80. The molecule has 146 valence electrons.